The molecule has 0 atom stereocenters. The molecule has 0 spiro atoms. The molecule has 1 aromatic heterocycles. The summed E-state index contributed by atoms with van der Waals surface area (Å²) in [6.45, 7) is 0. The van der Waals surface area contributed by atoms with Crippen molar-refractivity contribution in [1.82, 2.24) is 15.0 Å². The molecule has 18 heavy (non-hydrogen) atoms. The maximum absolute atomic E-state index is 12.8. The van der Waals surface area contributed by atoms with E-state index in [1.807, 2.05) is 6.26 Å². The van der Waals surface area contributed by atoms with Gasteiger partial charge in [-0.2, -0.15) is 26.7 Å². The van der Waals surface area contributed by atoms with Crippen LogP contribution >= 0.6 is 11.8 Å². The molecule has 1 heterocycles. The number of nitrogens with one attached hydrogen (secondary N) is 1. The van der Waals surface area contributed by atoms with Gasteiger partial charge >= 0.3 is 0 Å². The van der Waals surface area contributed by atoms with E-state index in [4.69, 9.17) is 5.73 Å². The van der Waals surface area contributed by atoms with E-state index in [0.717, 1.165) is 0 Å². The molecule has 2 aromatic rings. The third-order valence-electron chi connectivity index (χ3n) is 2.07. The van der Waals surface area contributed by atoms with Crippen molar-refractivity contribution >= 4 is 29.3 Å². The molecule has 0 fully saturated rings. The van der Waals surface area contributed by atoms with E-state index in [1.165, 1.54) is 12.1 Å². The van der Waals surface area contributed by atoms with Gasteiger partial charge in [-0.05, 0) is 30.5 Å². The summed E-state index contributed by atoms with van der Waals surface area (Å²) in [5.41, 5.74) is 6.29. The molecule has 7 heteroatoms. The molecule has 0 saturated carbocycles. The Morgan fingerprint density at radius 3 is 2.61 bits per heavy atom. The second kappa shape index (κ2) is 5.63. The summed E-state index contributed by atoms with van der Waals surface area (Å²) < 4.78 is 12.8. The zero-order valence-electron chi connectivity index (χ0n) is 9.72. The fourth-order valence-corrected chi connectivity index (χ4v) is 1.74. The van der Waals surface area contributed by atoms with E-state index in [-0.39, 0.29) is 11.8 Å². The summed E-state index contributed by atoms with van der Waals surface area (Å²) in [5, 5.41) is 2.95. The van der Waals surface area contributed by atoms with Gasteiger partial charge in [0, 0.05) is 5.69 Å². The number of nitrogens with zero attached hydrogens (tertiary/aromatic N) is 3. The van der Waals surface area contributed by atoms with Gasteiger partial charge in [-0.15, -0.1) is 0 Å². The predicted octanol–water partition coefficient (Wildman–Crippen LogP) is 2.20. The quantitative estimate of drug-likeness (QED) is 0.882. The van der Waals surface area contributed by atoms with Gasteiger partial charge in [0.15, 0.2) is 0 Å². The monoisotopic (exact) mass is 265 g/mol. The van der Waals surface area contributed by atoms with Crippen molar-refractivity contribution in [2.24, 2.45) is 0 Å². The van der Waals surface area contributed by atoms with Crippen molar-refractivity contribution in [2.45, 2.75) is 5.75 Å². The summed E-state index contributed by atoms with van der Waals surface area (Å²) in [5.74, 6) is 1.50. The highest BCUT2D eigenvalue weighted by molar-refractivity contribution is 7.97. The minimum Gasteiger partial charge on any atom is -0.368 e. The Kier molecular flexibility index (Phi) is 3.93. The maximum atomic E-state index is 12.8. The second-order valence-electron chi connectivity index (χ2n) is 3.50. The van der Waals surface area contributed by atoms with Crippen molar-refractivity contribution in [3.63, 3.8) is 0 Å². The average Bonchev–Trinajstić information content (AvgIpc) is 2.32. The molecular formula is C11H12FN5S. The summed E-state index contributed by atoms with van der Waals surface area (Å²) in [6.07, 6.45) is 1.95. The van der Waals surface area contributed by atoms with E-state index in [2.05, 4.69) is 20.3 Å². The van der Waals surface area contributed by atoms with Crippen molar-refractivity contribution in [1.29, 1.82) is 0 Å². The van der Waals surface area contributed by atoms with Crippen molar-refractivity contribution in [3.05, 3.63) is 35.9 Å². The van der Waals surface area contributed by atoms with Gasteiger partial charge < -0.3 is 11.1 Å². The fraction of sp³-hybridized carbons (Fsp3) is 0.182. The molecule has 94 valence electrons. The second-order valence-corrected chi connectivity index (χ2v) is 4.36. The molecule has 0 radical (unpaired) electrons. The maximum Gasteiger partial charge on any atom is 0.232 e. The highest BCUT2D eigenvalue weighted by Gasteiger charge is 2.04. The Morgan fingerprint density at radius 1 is 1.22 bits per heavy atom. The highest BCUT2D eigenvalue weighted by atomic mass is 32.2. The first-order chi connectivity index (χ1) is 8.67. The van der Waals surface area contributed by atoms with Crippen LogP contribution in [0.5, 0.6) is 0 Å². The number of halogens is 1. The van der Waals surface area contributed by atoms with Gasteiger partial charge in [0.05, 0.1) is 5.75 Å². The van der Waals surface area contributed by atoms with E-state index < -0.39 is 0 Å². The van der Waals surface area contributed by atoms with E-state index >= 15 is 0 Å². The lowest BCUT2D eigenvalue weighted by atomic mass is 10.3. The summed E-state index contributed by atoms with van der Waals surface area (Å²) in [7, 11) is 0. The lowest BCUT2D eigenvalue weighted by Crippen LogP contribution is -2.06. The molecule has 5 nitrogen and oxygen atoms in total. The first-order valence-electron chi connectivity index (χ1n) is 5.19. The Balaban J connectivity index is 2.20. The molecule has 1 aromatic carbocycles. The molecule has 0 bridgehead atoms. The topological polar surface area (TPSA) is 76.7 Å². The molecular weight excluding hydrogens is 253 g/mol. The molecule has 0 aliphatic rings. The number of nitrogens with two attached hydrogens (primary N) is 1. The molecule has 0 aliphatic heterocycles. The minimum absolute atomic E-state index is 0.165. The first-order valence-corrected chi connectivity index (χ1v) is 6.58. The highest BCUT2D eigenvalue weighted by Crippen LogP contribution is 2.15. The van der Waals surface area contributed by atoms with Crippen LogP contribution in [0.1, 0.15) is 5.82 Å². The average molecular weight is 265 g/mol. The lowest BCUT2D eigenvalue weighted by Gasteiger charge is -2.06. The van der Waals surface area contributed by atoms with Crippen molar-refractivity contribution in [2.75, 3.05) is 17.3 Å². The molecule has 3 N–H and O–H groups in total. The van der Waals surface area contributed by atoms with Gasteiger partial charge in [-0.3, -0.25) is 0 Å². The van der Waals surface area contributed by atoms with Crippen LogP contribution in [-0.4, -0.2) is 21.2 Å². The van der Waals surface area contributed by atoms with Crippen LogP contribution in [0.15, 0.2) is 24.3 Å². The molecule has 2 rings (SSSR count). The van der Waals surface area contributed by atoms with Crippen LogP contribution in [0.3, 0.4) is 0 Å². The molecule has 0 unspecified atom stereocenters. The molecule has 0 amide bonds. The number of benzene rings is 1. The van der Waals surface area contributed by atoms with Crippen LogP contribution < -0.4 is 11.1 Å². The Labute approximate surface area is 108 Å². The predicted molar refractivity (Wildman–Crippen MR) is 71.1 cm³/mol. The van der Waals surface area contributed by atoms with Gasteiger partial charge in [0.1, 0.15) is 11.6 Å². The summed E-state index contributed by atoms with van der Waals surface area (Å²) >= 11 is 1.59. The summed E-state index contributed by atoms with van der Waals surface area (Å²) in [6, 6.07) is 5.92. The normalized spacial score (nSPS) is 10.3. The minimum atomic E-state index is -0.293. The van der Waals surface area contributed by atoms with Gasteiger partial charge in [-0.1, -0.05) is 0 Å². The van der Waals surface area contributed by atoms with E-state index in [9.17, 15) is 4.39 Å². The Morgan fingerprint density at radius 2 is 1.94 bits per heavy atom. The number of thioether (sulfide) groups is 1. The van der Waals surface area contributed by atoms with Crippen LogP contribution in [0.25, 0.3) is 0 Å². The molecule has 0 saturated heterocycles. The van der Waals surface area contributed by atoms with E-state index in [1.54, 1.807) is 23.9 Å². The fourth-order valence-electron chi connectivity index (χ4n) is 1.35. The van der Waals surface area contributed by atoms with Gasteiger partial charge in [-0.25, -0.2) is 4.39 Å². The van der Waals surface area contributed by atoms with Gasteiger partial charge in [0.25, 0.3) is 0 Å². The Hall–Kier alpha value is -1.89. The van der Waals surface area contributed by atoms with Crippen LogP contribution in [0.4, 0.5) is 22.0 Å². The molecule has 0 aliphatic carbocycles. The van der Waals surface area contributed by atoms with Crippen molar-refractivity contribution < 1.29 is 4.39 Å². The first kappa shape index (κ1) is 12.6. The number of nitrogen functional groups attached to an aromatic ring is 1. The zero-order valence-corrected chi connectivity index (χ0v) is 10.5. The van der Waals surface area contributed by atoms with Crippen LogP contribution in [0, 0.1) is 5.82 Å². The lowest BCUT2D eigenvalue weighted by molar-refractivity contribution is 0.628. The smallest absolute Gasteiger partial charge is 0.232 e. The van der Waals surface area contributed by atoms with E-state index in [0.29, 0.717) is 23.2 Å². The third-order valence-corrected chi connectivity index (χ3v) is 2.62. The number of hydrogen-bond donors (Lipinski definition) is 2. The SMILES string of the molecule is CSCc1nc(N)nc(Nc2ccc(F)cc2)n1. The standard InChI is InChI=1S/C11H12FN5S/c1-18-6-9-15-10(13)17-11(16-9)14-8-4-2-7(12)3-5-8/h2-5H,6H2,1H3,(H3,13,14,15,16,17). The number of anilines is 3. The van der Waals surface area contributed by atoms with Crippen molar-refractivity contribution in [3.8, 4) is 0 Å². The number of rotatable bonds is 4. The summed E-state index contributed by atoms with van der Waals surface area (Å²) in [4.78, 5) is 12.2. The zero-order chi connectivity index (χ0) is 13.0. The van der Waals surface area contributed by atoms with Crippen LogP contribution in [-0.2, 0) is 5.75 Å². The largest absolute Gasteiger partial charge is 0.368 e. The van der Waals surface area contributed by atoms with Gasteiger partial charge in [0.2, 0.25) is 11.9 Å². The Bertz CT molecular complexity index is 531. The van der Waals surface area contributed by atoms with Crippen LogP contribution in [0.2, 0.25) is 0 Å². The number of aromatic nitrogens is 3. The number of hydrogen-bond acceptors (Lipinski definition) is 6. The third kappa shape index (κ3) is 3.30.